The zero-order chi connectivity index (χ0) is 17.1. The molecule has 8 heteroatoms. The second-order valence-corrected chi connectivity index (χ2v) is 6.40. The standard InChI is InChI=1S/C16H15FN2O4S/c17-12-9-11(19(21)22)5-6-14(12)23-10-16(20)18-7-1-3-13(18)15-4-2-8-24-15/h2,4-6,8-9,13H,1,3,7,10H2. The first-order valence-electron chi connectivity index (χ1n) is 7.46. The van der Waals surface area contributed by atoms with Crippen LogP contribution in [0.25, 0.3) is 0 Å². The van der Waals surface area contributed by atoms with Crippen molar-refractivity contribution in [1.82, 2.24) is 4.90 Å². The van der Waals surface area contributed by atoms with Gasteiger partial charge in [0, 0.05) is 17.5 Å². The third-order valence-electron chi connectivity index (χ3n) is 3.92. The van der Waals surface area contributed by atoms with E-state index in [0.717, 1.165) is 29.9 Å². The van der Waals surface area contributed by atoms with Crippen molar-refractivity contribution in [1.29, 1.82) is 0 Å². The molecule has 1 atom stereocenters. The minimum Gasteiger partial charge on any atom is -0.481 e. The van der Waals surface area contributed by atoms with Gasteiger partial charge in [-0.15, -0.1) is 11.3 Å². The van der Waals surface area contributed by atoms with Crippen LogP contribution in [0.5, 0.6) is 5.75 Å². The number of carbonyl (C=O) groups is 1. The molecule has 3 rings (SSSR count). The monoisotopic (exact) mass is 350 g/mol. The van der Waals surface area contributed by atoms with Gasteiger partial charge >= 0.3 is 0 Å². The van der Waals surface area contributed by atoms with E-state index in [9.17, 15) is 19.3 Å². The van der Waals surface area contributed by atoms with Gasteiger partial charge in [-0.05, 0) is 30.4 Å². The highest BCUT2D eigenvalue weighted by atomic mass is 32.1. The Balaban J connectivity index is 1.64. The molecule has 0 spiro atoms. The van der Waals surface area contributed by atoms with E-state index in [1.54, 1.807) is 16.2 Å². The van der Waals surface area contributed by atoms with Gasteiger partial charge in [-0.1, -0.05) is 6.07 Å². The van der Waals surface area contributed by atoms with Crippen molar-refractivity contribution in [2.24, 2.45) is 0 Å². The maximum Gasteiger partial charge on any atom is 0.272 e. The second kappa shape index (κ2) is 6.96. The summed E-state index contributed by atoms with van der Waals surface area (Å²) in [7, 11) is 0. The minimum atomic E-state index is -0.853. The molecule has 0 bridgehead atoms. The molecule has 1 unspecified atom stereocenters. The molecule has 2 aromatic rings. The van der Waals surface area contributed by atoms with Crippen LogP contribution in [-0.2, 0) is 4.79 Å². The number of nitro groups is 1. The first kappa shape index (κ1) is 16.4. The van der Waals surface area contributed by atoms with E-state index in [2.05, 4.69) is 0 Å². The average molecular weight is 350 g/mol. The van der Waals surface area contributed by atoms with Crippen LogP contribution < -0.4 is 4.74 Å². The molecule has 0 aliphatic carbocycles. The first-order chi connectivity index (χ1) is 11.6. The van der Waals surface area contributed by atoms with Crippen LogP contribution in [0.15, 0.2) is 35.7 Å². The molecular weight excluding hydrogens is 335 g/mol. The van der Waals surface area contributed by atoms with E-state index in [4.69, 9.17) is 4.74 Å². The van der Waals surface area contributed by atoms with Crippen LogP contribution in [-0.4, -0.2) is 28.9 Å². The number of hydrogen-bond donors (Lipinski definition) is 0. The number of rotatable bonds is 5. The van der Waals surface area contributed by atoms with Crippen LogP contribution in [0, 0.1) is 15.9 Å². The number of hydrogen-bond acceptors (Lipinski definition) is 5. The summed E-state index contributed by atoms with van der Waals surface area (Å²) in [4.78, 5) is 25.2. The van der Waals surface area contributed by atoms with E-state index in [1.165, 1.54) is 6.07 Å². The summed E-state index contributed by atoms with van der Waals surface area (Å²) in [6.07, 6.45) is 1.82. The van der Waals surface area contributed by atoms with Crippen LogP contribution in [0.2, 0.25) is 0 Å². The van der Waals surface area contributed by atoms with Gasteiger partial charge in [0.2, 0.25) is 0 Å². The lowest BCUT2D eigenvalue weighted by molar-refractivity contribution is -0.385. The van der Waals surface area contributed by atoms with Crippen molar-refractivity contribution in [3.8, 4) is 5.75 Å². The van der Waals surface area contributed by atoms with Gasteiger partial charge in [0.05, 0.1) is 17.0 Å². The van der Waals surface area contributed by atoms with E-state index in [0.29, 0.717) is 6.54 Å². The number of ether oxygens (including phenoxy) is 1. The Morgan fingerprint density at radius 1 is 1.46 bits per heavy atom. The summed E-state index contributed by atoms with van der Waals surface area (Å²) in [5.74, 6) is -1.24. The highest BCUT2D eigenvalue weighted by Gasteiger charge is 2.30. The van der Waals surface area contributed by atoms with Crippen LogP contribution >= 0.6 is 11.3 Å². The number of non-ortho nitro benzene ring substituents is 1. The van der Waals surface area contributed by atoms with Gasteiger partial charge in [-0.2, -0.15) is 0 Å². The van der Waals surface area contributed by atoms with Gasteiger partial charge < -0.3 is 9.64 Å². The van der Waals surface area contributed by atoms with Gasteiger partial charge in [-0.3, -0.25) is 14.9 Å². The smallest absolute Gasteiger partial charge is 0.272 e. The molecule has 6 nitrogen and oxygen atoms in total. The molecular formula is C16H15FN2O4S. The Labute approximate surface area is 141 Å². The molecule has 24 heavy (non-hydrogen) atoms. The summed E-state index contributed by atoms with van der Waals surface area (Å²) < 4.78 is 19.0. The van der Waals surface area contributed by atoms with Crippen molar-refractivity contribution >= 4 is 22.9 Å². The minimum absolute atomic E-state index is 0.0443. The predicted molar refractivity (Wildman–Crippen MR) is 86.6 cm³/mol. The van der Waals surface area contributed by atoms with Crippen LogP contribution in [0.4, 0.5) is 10.1 Å². The van der Waals surface area contributed by atoms with Crippen molar-refractivity contribution in [2.45, 2.75) is 18.9 Å². The van der Waals surface area contributed by atoms with Crippen molar-refractivity contribution in [2.75, 3.05) is 13.2 Å². The van der Waals surface area contributed by atoms with Gasteiger partial charge in [0.25, 0.3) is 11.6 Å². The molecule has 2 heterocycles. The zero-order valence-electron chi connectivity index (χ0n) is 12.7. The number of nitro benzene ring substituents is 1. The Bertz CT molecular complexity index is 751. The number of nitrogens with zero attached hydrogens (tertiary/aromatic N) is 2. The lowest BCUT2D eigenvalue weighted by atomic mass is 10.2. The predicted octanol–water partition coefficient (Wildman–Crippen LogP) is 3.54. The molecule has 126 valence electrons. The number of carbonyl (C=O) groups excluding carboxylic acids is 1. The SMILES string of the molecule is O=C(COc1ccc([N+](=O)[O-])cc1F)N1CCCC1c1cccs1. The molecule has 1 aliphatic heterocycles. The lowest BCUT2D eigenvalue weighted by Crippen LogP contribution is -2.34. The fourth-order valence-electron chi connectivity index (χ4n) is 2.78. The number of thiophene rings is 1. The topological polar surface area (TPSA) is 72.7 Å². The van der Waals surface area contributed by atoms with Gasteiger partial charge in [0.1, 0.15) is 0 Å². The molecule has 1 amide bonds. The van der Waals surface area contributed by atoms with E-state index < -0.39 is 10.7 Å². The molecule has 1 saturated heterocycles. The molecule has 0 N–H and O–H groups in total. The maximum atomic E-state index is 13.8. The zero-order valence-corrected chi connectivity index (χ0v) is 13.5. The Morgan fingerprint density at radius 2 is 2.29 bits per heavy atom. The number of likely N-dealkylation sites (tertiary alicyclic amines) is 1. The third-order valence-corrected chi connectivity index (χ3v) is 4.90. The van der Waals surface area contributed by atoms with E-state index in [1.807, 2.05) is 17.5 Å². The highest BCUT2D eigenvalue weighted by Crippen LogP contribution is 2.34. The maximum absolute atomic E-state index is 13.8. The fourth-order valence-corrected chi connectivity index (χ4v) is 3.66. The van der Waals surface area contributed by atoms with E-state index in [-0.39, 0.29) is 30.0 Å². The second-order valence-electron chi connectivity index (χ2n) is 5.42. The lowest BCUT2D eigenvalue weighted by Gasteiger charge is -2.24. The number of amides is 1. The molecule has 0 saturated carbocycles. The Hall–Kier alpha value is -2.48. The molecule has 1 aromatic heterocycles. The van der Waals surface area contributed by atoms with Crippen molar-refractivity contribution in [3.05, 3.63) is 56.5 Å². The van der Waals surface area contributed by atoms with Crippen molar-refractivity contribution < 1.29 is 18.8 Å². The molecule has 1 fully saturated rings. The largest absolute Gasteiger partial charge is 0.481 e. The first-order valence-corrected chi connectivity index (χ1v) is 8.34. The Kier molecular flexibility index (Phi) is 4.75. The normalized spacial score (nSPS) is 17.0. The van der Waals surface area contributed by atoms with Gasteiger partial charge in [-0.25, -0.2) is 4.39 Å². The summed E-state index contributed by atoms with van der Waals surface area (Å²) in [6.45, 7) is 0.351. The average Bonchev–Trinajstić information content (AvgIpc) is 3.23. The summed E-state index contributed by atoms with van der Waals surface area (Å²) >= 11 is 1.60. The van der Waals surface area contributed by atoms with E-state index >= 15 is 0 Å². The summed E-state index contributed by atoms with van der Waals surface area (Å²) in [5.41, 5.74) is -0.358. The molecule has 0 radical (unpaired) electrons. The summed E-state index contributed by atoms with van der Waals surface area (Å²) in [5, 5.41) is 12.6. The summed E-state index contributed by atoms with van der Waals surface area (Å²) in [6, 6.07) is 7.09. The van der Waals surface area contributed by atoms with Gasteiger partial charge in [0.15, 0.2) is 18.2 Å². The van der Waals surface area contributed by atoms with Crippen LogP contribution in [0.3, 0.4) is 0 Å². The molecule has 1 aliphatic rings. The highest BCUT2D eigenvalue weighted by molar-refractivity contribution is 7.10. The number of benzene rings is 1. The Morgan fingerprint density at radius 3 is 2.96 bits per heavy atom. The molecule has 1 aromatic carbocycles. The quantitative estimate of drug-likeness (QED) is 0.611. The number of halogens is 1. The van der Waals surface area contributed by atoms with Crippen molar-refractivity contribution in [3.63, 3.8) is 0 Å². The van der Waals surface area contributed by atoms with Crippen LogP contribution in [0.1, 0.15) is 23.8 Å². The third kappa shape index (κ3) is 3.38. The fraction of sp³-hybridized carbons (Fsp3) is 0.312.